The van der Waals surface area contributed by atoms with Crippen molar-refractivity contribution < 1.29 is 43.1 Å². The Morgan fingerprint density at radius 3 is 2.58 bits per heavy atom. The van der Waals surface area contributed by atoms with E-state index in [0.717, 1.165) is 17.7 Å². The molecule has 1 aromatic rings. The molecule has 2 rings (SSSR count). The Hall–Kier alpha value is -0.200. The molecule has 0 saturated heterocycles. The zero-order valence-corrected chi connectivity index (χ0v) is 14.5. The van der Waals surface area contributed by atoms with Crippen molar-refractivity contribution in [3.63, 3.8) is 0 Å². The van der Waals surface area contributed by atoms with Crippen molar-refractivity contribution >= 4 is 22.7 Å². The maximum absolute atomic E-state index is 11.6. The van der Waals surface area contributed by atoms with Crippen molar-refractivity contribution in [3.8, 4) is 0 Å². The maximum atomic E-state index is 11.6. The summed E-state index contributed by atoms with van der Waals surface area (Å²) in [7, 11) is 0. The molecule has 1 aromatic carbocycles. The molecule has 1 heterocycles. The van der Waals surface area contributed by atoms with E-state index in [2.05, 4.69) is 13.8 Å². The summed E-state index contributed by atoms with van der Waals surface area (Å²) >= 11 is -2.24. The number of hydrogen-bond donors (Lipinski definition) is 0. The molecule has 1 atom stereocenters. The number of rotatable bonds is 1. The summed E-state index contributed by atoms with van der Waals surface area (Å²) in [5.41, 5.74) is 1.63. The molecule has 6 heteroatoms. The van der Waals surface area contributed by atoms with E-state index in [0.29, 0.717) is 6.54 Å². The smallest absolute Gasteiger partial charge is 0.768 e. The summed E-state index contributed by atoms with van der Waals surface area (Å²) in [5.74, 6) is -0.0113. The fourth-order valence-corrected chi connectivity index (χ4v) is 2.76. The van der Waals surface area contributed by atoms with E-state index in [1.165, 1.54) is 6.92 Å². The molecule has 1 aliphatic rings. The van der Waals surface area contributed by atoms with Crippen LogP contribution >= 0.6 is 0 Å². The monoisotopic (exact) mass is 289 g/mol. The van der Waals surface area contributed by atoms with Crippen LogP contribution < -0.4 is 34.5 Å². The molecular formula is C13H16NNaO3S. The topological polar surface area (TPSA) is 60.4 Å². The Bertz CT molecular complexity index is 531. The van der Waals surface area contributed by atoms with Gasteiger partial charge in [-0.15, -0.1) is 0 Å². The molecule has 0 aromatic heterocycles. The van der Waals surface area contributed by atoms with Gasteiger partial charge in [0.05, 0.1) is 0 Å². The maximum Gasteiger partial charge on any atom is 1.00 e. The SMILES string of the molecule is CC(=O)N1CCC(C)(C)c2cc(S(=O)[O-])ccc21.[Na+]. The minimum atomic E-state index is -2.24. The predicted molar refractivity (Wildman–Crippen MR) is 69.3 cm³/mol. The van der Waals surface area contributed by atoms with Crippen LogP contribution in [0.4, 0.5) is 5.69 Å². The first kappa shape index (κ1) is 16.9. The molecular weight excluding hydrogens is 273 g/mol. The normalized spacial score (nSPS) is 18.2. The minimum absolute atomic E-state index is 0. The Balaban J connectivity index is 0.00000180. The number of carbonyl (C=O) groups is 1. The van der Waals surface area contributed by atoms with Crippen molar-refractivity contribution in [2.24, 2.45) is 0 Å². The van der Waals surface area contributed by atoms with Gasteiger partial charge in [0.25, 0.3) is 0 Å². The van der Waals surface area contributed by atoms with Crippen LogP contribution in [0.5, 0.6) is 0 Å². The van der Waals surface area contributed by atoms with Gasteiger partial charge in [0.15, 0.2) is 0 Å². The van der Waals surface area contributed by atoms with Gasteiger partial charge in [-0.05, 0) is 46.7 Å². The molecule has 1 unspecified atom stereocenters. The fraction of sp³-hybridized carbons (Fsp3) is 0.462. The summed E-state index contributed by atoms with van der Waals surface area (Å²) in [6, 6.07) is 4.94. The number of carbonyl (C=O) groups excluding carboxylic acids is 1. The number of nitrogens with zero attached hydrogens (tertiary/aromatic N) is 1. The van der Waals surface area contributed by atoms with Gasteiger partial charge >= 0.3 is 29.6 Å². The molecule has 0 bridgehead atoms. The first-order chi connectivity index (χ1) is 8.33. The molecule has 0 radical (unpaired) electrons. The third-order valence-corrected chi connectivity index (χ3v) is 4.16. The second kappa shape index (κ2) is 6.06. The molecule has 0 spiro atoms. The van der Waals surface area contributed by atoms with Crippen LogP contribution in [0.15, 0.2) is 23.1 Å². The number of benzene rings is 1. The van der Waals surface area contributed by atoms with E-state index in [-0.39, 0.29) is 45.8 Å². The predicted octanol–water partition coefficient (Wildman–Crippen LogP) is -1.04. The summed E-state index contributed by atoms with van der Waals surface area (Å²) in [6.07, 6.45) is 0.828. The van der Waals surface area contributed by atoms with Crippen LogP contribution in [0.1, 0.15) is 32.8 Å². The van der Waals surface area contributed by atoms with Gasteiger partial charge in [-0.25, -0.2) is 0 Å². The molecule has 19 heavy (non-hydrogen) atoms. The molecule has 0 aliphatic carbocycles. The summed E-state index contributed by atoms with van der Waals surface area (Å²) < 4.78 is 22.1. The summed E-state index contributed by atoms with van der Waals surface area (Å²) in [6.45, 7) is 6.35. The van der Waals surface area contributed by atoms with Crippen molar-refractivity contribution in [1.29, 1.82) is 0 Å². The summed E-state index contributed by atoms with van der Waals surface area (Å²) in [5, 5.41) is 0. The van der Waals surface area contributed by atoms with Gasteiger partial charge in [-0.3, -0.25) is 9.00 Å². The second-order valence-electron chi connectivity index (χ2n) is 5.22. The van der Waals surface area contributed by atoms with Crippen molar-refractivity contribution in [1.82, 2.24) is 0 Å². The van der Waals surface area contributed by atoms with Crippen LogP contribution in [-0.4, -0.2) is 21.2 Å². The fourth-order valence-electron chi connectivity index (χ4n) is 2.37. The van der Waals surface area contributed by atoms with Crippen LogP contribution in [-0.2, 0) is 21.3 Å². The molecule has 1 aliphatic heterocycles. The first-order valence-corrected chi connectivity index (χ1v) is 6.92. The quantitative estimate of drug-likeness (QED) is 0.490. The van der Waals surface area contributed by atoms with Crippen molar-refractivity contribution in [3.05, 3.63) is 23.8 Å². The summed E-state index contributed by atoms with van der Waals surface area (Å²) in [4.78, 5) is 13.6. The zero-order valence-electron chi connectivity index (χ0n) is 11.7. The average Bonchev–Trinajstić information content (AvgIpc) is 2.28. The number of anilines is 1. The first-order valence-electron chi connectivity index (χ1n) is 5.85. The van der Waals surface area contributed by atoms with Crippen LogP contribution in [0, 0.1) is 0 Å². The average molecular weight is 289 g/mol. The van der Waals surface area contributed by atoms with Crippen LogP contribution in [0.25, 0.3) is 0 Å². The second-order valence-corrected chi connectivity index (χ2v) is 6.16. The van der Waals surface area contributed by atoms with Gasteiger partial charge in [-0.1, -0.05) is 13.8 Å². The molecule has 98 valence electrons. The minimum Gasteiger partial charge on any atom is -0.768 e. The number of hydrogen-bond acceptors (Lipinski definition) is 3. The largest absolute Gasteiger partial charge is 1.00 e. The van der Waals surface area contributed by atoms with E-state index in [1.54, 1.807) is 23.1 Å². The molecule has 1 amide bonds. The van der Waals surface area contributed by atoms with Gasteiger partial charge in [0, 0.05) is 24.1 Å². The molecule has 0 N–H and O–H groups in total. The van der Waals surface area contributed by atoms with Gasteiger partial charge < -0.3 is 9.45 Å². The standard InChI is InChI=1S/C13H17NO3S.Na/c1-9(15)14-7-6-13(2,3)11-8-10(18(16)17)4-5-12(11)14;/h4-5,8H,6-7H2,1-3H3,(H,16,17);/q;+1/p-1. The van der Waals surface area contributed by atoms with Gasteiger partial charge in [-0.2, -0.15) is 0 Å². The molecule has 0 fully saturated rings. The Morgan fingerprint density at radius 1 is 1.42 bits per heavy atom. The van der Waals surface area contributed by atoms with E-state index in [1.807, 2.05) is 0 Å². The molecule has 4 nitrogen and oxygen atoms in total. The van der Waals surface area contributed by atoms with Crippen molar-refractivity contribution in [2.45, 2.75) is 37.5 Å². The van der Waals surface area contributed by atoms with Crippen molar-refractivity contribution in [2.75, 3.05) is 11.4 Å². The zero-order chi connectivity index (χ0) is 13.5. The number of fused-ring (bicyclic) bond motifs is 1. The Kier molecular flexibility index (Phi) is 5.37. The molecule has 0 saturated carbocycles. The number of amides is 1. The van der Waals surface area contributed by atoms with E-state index < -0.39 is 11.1 Å². The van der Waals surface area contributed by atoms with E-state index >= 15 is 0 Å². The van der Waals surface area contributed by atoms with E-state index in [4.69, 9.17) is 0 Å². The van der Waals surface area contributed by atoms with E-state index in [9.17, 15) is 13.6 Å². The third-order valence-electron chi connectivity index (χ3n) is 3.52. The Morgan fingerprint density at radius 2 is 2.05 bits per heavy atom. The van der Waals surface area contributed by atoms with Crippen LogP contribution in [0.2, 0.25) is 0 Å². The Labute approximate surface area is 138 Å². The van der Waals surface area contributed by atoms with Crippen LogP contribution in [0.3, 0.4) is 0 Å². The third kappa shape index (κ3) is 3.28. The van der Waals surface area contributed by atoms with Gasteiger partial charge in [0.2, 0.25) is 5.91 Å². The van der Waals surface area contributed by atoms with Gasteiger partial charge in [0.1, 0.15) is 0 Å².